The normalized spacial score (nSPS) is 14.5. The minimum absolute atomic E-state index is 0.0976. The highest BCUT2D eigenvalue weighted by molar-refractivity contribution is 7.99. The maximum atomic E-state index is 16.2. The van der Waals surface area contributed by atoms with Gasteiger partial charge >= 0.3 is 0 Å². The molecule has 4 aliphatic rings. The standard InChI is InChI=1S/C92H76N4O10S2/c1-45(2)43-107-73-39-37-65-75-59(73)21-15-23-63(75)85(97)93(87(65)99)51-25-29-53(30-26-51)105-71-41-69-77-67(89(101)95(91(69)103)83-55(47(5)6)17-13-18-56(83)48(7)8)36-34-62-80-72(106-54-31-27-52(28-32-54)94-86(98)64-24-16-22-60-74(108-44-46(3)4)40-38-66(76(60)64)88(94)100)42-70-78-68(35-33-61(82(78)80)79(71)81(62)77)90(102)96(92(70)104)84-57(49(9)10)19-14-20-58(84)50(11)12/h13-42,45-50H,43-44H2,1-12H3. The Morgan fingerprint density at radius 3 is 0.907 bits per heavy atom. The molecule has 536 valence electrons. The molecule has 0 spiro atoms. The molecular weight excluding hydrogens is 1390 g/mol. The zero-order chi connectivity index (χ0) is 75.5. The van der Waals surface area contributed by atoms with Crippen molar-refractivity contribution in [1.29, 1.82) is 0 Å². The monoisotopic (exact) mass is 1460 g/mol. The summed E-state index contributed by atoms with van der Waals surface area (Å²) in [6.07, 6.45) is 0. The largest absolute Gasteiger partial charge is 0.457 e. The number of hydrogen-bond donors (Lipinski definition) is 0. The van der Waals surface area contributed by atoms with Crippen molar-refractivity contribution in [3.05, 3.63) is 249 Å². The third kappa shape index (κ3) is 10.7. The quantitative estimate of drug-likeness (QED) is 0.0346. The summed E-state index contributed by atoms with van der Waals surface area (Å²) >= 11 is 3.39. The molecule has 0 atom stereocenters. The molecule has 0 saturated carbocycles. The number of rotatable bonds is 18. The molecule has 16 heteroatoms. The summed E-state index contributed by atoms with van der Waals surface area (Å²) < 4.78 is 14.4. The van der Waals surface area contributed by atoms with E-state index in [0.29, 0.717) is 111 Å². The van der Waals surface area contributed by atoms with Gasteiger partial charge in [-0.15, -0.1) is 23.5 Å². The Kier molecular flexibility index (Phi) is 16.9. The maximum Gasteiger partial charge on any atom is 0.266 e. The highest BCUT2D eigenvalue weighted by Crippen LogP contribution is 2.55. The van der Waals surface area contributed by atoms with Gasteiger partial charge in [0.05, 0.1) is 33.9 Å². The molecular formula is C92H76N4O10S2. The summed E-state index contributed by atoms with van der Waals surface area (Å²) in [7, 11) is 0. The fraction of sp³-hybridized carbons (Fsp3) is 0.217. The van der Waals surface area contributed by atoms with Crippen LogP contribution >= 0.6 is 23.5 Å². The predicted molar refractivity (Wildman–Crippen MR) is 434 cm³/mol. The number of carbonyl (C=O) groups excluding carboxylic acids is 8. The Morgan fingerprint density at radius 2 is 0.574 bits per heavy atom. The van der Waals surface area contributed by atoms with Crippen LogP contribution in [0, 0.1) is 11.8 Å². The summed E-state index contributed by atoms with van der Waals surface area (Å²) in [5.74, 6) is -1.04. The van der Waals surface area contributed by atoms with Crippen molar-refractivity contribution in [2.24, 2.45) is 11.8 Å². The number of imide groups is 4. The lowest BCUT2D eigenvalue weighted by molar-refractivity contribution is 0.0877. The first kappa shape index (κ1) is 69.6. The van der Waals surface area contributed by atoms with Crippen molar-refractivity contribution in [3.63, 3.8) is 0 Å². The molecule has 4 heterocycles. The lowest BCUT2D eigenvalue weighted by Crippen LogP contribution is -2.42. The van der Waals surface area contributed by atoms with Crippen LogP contribution in [0.15, 0.2) is 192 Å². The lowest BCUT2D eigenvalue weighted by Gasteiger charge is -2.34. The van der Waals surface area contributed by atoms with Gasteiger partial charge < -0.3 is 9.47 Å². The topological polar surface area (TPSA) is 168 Å². The minimum atomic E-state index is -0.586. The number of para-hydroxylation sites is 2. The van der Waals surface area contributed by atoms with Gasteiger partial charge in [0.1, 0.15) is 23.0 Å². The number of anilines is 4. The molecule has 0 N–H and O–H groups in total. The van der Waals surface area contributed by atoms with Crippen LogP contribution in [-0.2, 0) is 0 Å². The van der Waals surface area contributed by atoms with Gasteiger partial charge in [-0.1, -0.05) is 156 Å². The van der Waals surface area contributed by atoms with Crippen molar-refractivity contribution < 1.29 is 47.8 Å². The molecule has 0 unspecified atom stereocenters. The summed E-state index contributed by atoms with van der Waals surface area (Å²) in [5.41, 5.74) is 7.31. The van der Waals surface area contributed by atoms with Crippen molar-refractivity contribution in [1.82, 2.24) is 0 Å². The predicted octanol–water partition coefficient (Wildman–Crippen LogP) is 22.8. The first-order chi connectivity index (χ1) is 51.9. The first-order valence-electron chi connectivity index (χ1n) is 36.9. The number of benzene rings is 13. The lowest BCUT2D eigenvalue weighted by atomic mass is 9.80. The maximum absolute atomic E-state index is 16.2. The Morgan fingerprint density at radius 1 is 0.278 bits per heavy atom. The van der Waals surface area contributed by atoms with E-state index in [2.05, 4.69) is 27.7 Å². The van der Waals surface area contributed by atoms with Crippen LogP contribution in [0.1, 0.15) is 212 Å². The molecule has 0 fully saturated rings. The second kappa shape index (κ2) is 26.2. The number of hydrogen-bond acceptors (Lipinski definition) is 12. The summed E-state index contributed by atoms with van der Waals surface area (Å²) in [6.45, 7) is 24.9. The van der Waals surface area contributed by atoms with Crippen LogP contribution in [0.3, 0.4) is 0 Å². The number of fused-ring (bicyclic) bond motifs is 2. The Bertz CT molecular complexity index is 5700. The third-order valence-corrected chi connectivity index (χ3v) is 24.4. The number of amides is 8. The molecule has 0 radical (unpaired) electrons. The summed E-state index contributed by atoms with van der Waals surface area (Å²) in [5, 5.41) is 6.45. The fourth-order valence-corrected chi connectivity index (χ4v) is 18.5. The number of ether oxygens (including phenoxy) is 2. The van der Waals surface area contributed by atoms with E-state index in [9.17, 15) is 19.2 Å². The number of nitrogens with zero attached hydrogens (tertiary/aromatic N) is 4. The molecule has 0 saturated heterocycles. The third-order valence-electron chi connectivity index (χ3n) is 21.4. The molecule has 0 bridgehead atoms. The number of thioether (sulfide) groups is 2. The highest BCUT2D eigenvalue weighted by Gasteiger charge is 2.44. The van der Waals surface area contributed by atoms with E-state index in [-0.39, 0.29) is 68.9 Å². The second-order valence-electron chi connectivity index (χ2n) is 30.7. The van der Waals surface area contributed by atoms with Gasteiger partial charge in [0.15, 0.2) is 0 Å². The van der Waals surface area contributed by atoms with Crippen molar-refractivity contribution in [2.45, 2.75) is 117 Å². The first-order valence-corrected chi connectivity index (χ1v) is 38.9. The zero-order valence-electron chi connectivity index (χ0n) is 61.9. The Labute approximate surface area is 633 Å². The molecule has 13 aromatic rings. The van der Waals surface area contributed by atoms with Gasteiger partial charge in [-0.2, -0.15) is 0 Å². The van der Waals surface area contributed by atoms with E-state index < -0.39 is 47.3 Å². The smallest absolute Gasteiger partial charge is 0.266 e. The minimum Gasteiger partial charge on any atom is -0.457 e. The molecule has 14 nitrogen and oxygen atoms in total. The van der Waals surface area contributed by atoms with E-state index in [4.69, 9.17) is 9.47 Å². The van der Waals surface area contributed by atoms with Crippen LogP contribution in [0.5, 0.6) is 23.0 Å². The molecule has 0 aromatic heterocycles. The van der Waals surface area contributed by atoms with Crippen molar-refractivity contribution >= 4 is 158 Å². The molecule has 13 aromatic carbocycles. The van der Waals surface area contributed by atoms with E-state index in [1.807, 2.05) is 140 Å². The molecule has 8 amide bonds. The Hall–Kier alpha value is -11.5. The van der Waals surface area contributed by atoms with Crippen LogP contribution in [0.4, 0.5) is 22.7 Å². The molecule has 108 heavy (non-hydrogen) atoms. The molecule has 17 rings (SSSR count). The van der Waals surface area contributed by atoms with Gasteiger partial charge in [0.2, 0.25) is 0 Å². The second-order valence-corrected chi connectivity index (χ2v) is 32.8. The van der Waals surface area contributed by atoms with Crippen molar-refractivity contribution in [3.8, 4) is 23.0 Å². The van der Waals surface area contributed by atoms with Crippen LogP contribution in [0.2, 0.25) is 0 Å². The summed E-state index contributed by atoms with van der Waals surface area (Å²) in [4.78, 5) is 130. The van der Waals surface area contributed by atoms with Crippen LogP contribution < -0.4 is 29.1 Å². The van der Waals surface area contributed by atoms with E-state index in [1.165, 1.54) is 19.6 Å². The summed E-state index contributed by atoms with van der Waals surface area (Å²) in [6, 6.07) is 54.1. The number of carbonyl (C=O) groups is 8. The van der Waals surface area contributed by atoms with Crippen LogP contribution in [0.25, 0.3) is 64.6 Å². The van der Waals surface area contributed by atoms with E-state index in [1.54, 1.807) is 121 Å². The molecule has 0 aliphatic carbocycles. The van der Waals surface area contributed by atoms with Gasteiger partial charge in [-0.25, -0.2) is 19.6 Å². The van der Waals surface area contributed by atoms with Gasteiger partial charge in [-0.3, -0.25) is 38.4 Å². The van der Waals surface area contributed by atoms with E-state index >= 15 is 19.2 Å². The average Bonchev–Trinajstić information content (AvgIpc) is 0.677. The Balaban J connectivity index is 0.862. The fourth-order valence-electron chi connectivity index (χ4n) is 16.5. The van der Waals surface area contributed by atoms with Gasteiger partial charge in [0, 0.05) is 97.8 Å². The average molecular weight is 1460 g/mol. The van der Waals surface area contributed by atoms with Gasteiger partial charge in [-0.05, 0) is 189 Å². The van der Waals surface area contributed by atoms with Crippen LogP contribution in [-0.4, -0.2) is 58.8 Å². The highest BCUT2D eigenvalue weighted by atomic mass is 32.2. The van der Waals surface area contributed by atoms with Gasteiger partial charge in [0.25, 0.3) is 47.3 Å². The molecule has 4 aliphatic heterocycles. The van der Waals surface area contributed by atoms with Crippen molar-refractivity contribution in [2.75, 3.05) is 31.1 Å². The zero-order valence-corrected chi connectivity index (χ0v) is 63.5. The van der Waals surface area contributed by atoms with E-state index in [0.717, 1.165) is 54.3 Å². The SMILES string of the molecule is CC(C)CSc1ccc2c3c(cccc13)C(=O)N(c1ccc(Oc3cc4c5c(ccc6c7c(Oc8ccc(N9C(=O)c%10cccc%11c(SCC(C)C)ccc(c%10%11)C9=O)cc8)cc8c9c(ccc(c3c56)c97)C(=O)N(c3c(C(C)C)cccc3C(C)C)C8=O)C(=O)N(c3c(C(C)C)cccc3C(C)C)C4=O)cc1)C2=O.